The first-order valence-electron chi connectivity index (χ1n) is 11.2. The van der Waals surface area contributed by atoms with Crippen LogP contribution in [0.2, 0.25) is 0 Å². The lowest BCUT2D eigenvalue weighted by Gasteiger charge is -2.32. The molecule has 4 amide bonds. The van der Waals surface area contributed by atoms with Gasteiger partial charge in [0.1, 0.15) is 5.82 Å². The molecule has 1 aromatic heterocycles. The van der Waals surface area contributed by atoms with E-state index in [0.717, 1.165) is 32.2 Å². The minimum atomic E-state index is -0.397. The molecule has 1 atom stereocenters. The van der Waals surface area contributed by atoms with Gasteiger partial charge in [0.15, 0.2) is 0 Å². The number of nitrogens with two attached hydrogens (primary N) is 1. The Labute approximate surface area is 191 Å². The Morgan fingerprint density at radius 3 is 2.64 bits per heavy atom. The number of carbonyl (C=O) groups is 4. The molecule has 1 unspecified atom stereocenters. The number of amides is 4. The largest absolute Gasteiger partial charge is 0.369 e. The van der Waals surface area contributed by atoms with Gasteiger partial charge in [-0.25, -0.2) is 4.98 Å². The molecule has 0 spiro atoms. The van der Waals surface area contributed by atoms with E-state index < -0.39 is 5.91 Å². The van der Waals surface area contributed by atoms with Gasteiger partial charge in [-0.3, -0.25) is 24.1 Å². The molecule has 3 heterocycles. The van der Waals surface area contributed by atoms with Gasteiger partial charge >= 0.3 is 0 Å². The van der Waals surface area contributed by atoms with E-state index in [0.29, 0.717) is 30.2 Å². The summed E-state index contributed by atoms with van der Waals surface area (Å²) < 4.78 is 0. The van der Waals surface area contributed by atoms with Gasteiger partial charge in [-0.2, -0.15) is 0 Å². The van der Waals surface area contributed by atoms with Crippen molar-refractivity contribution in [2.45, 2.75) is 32.6 Å². The fourth-order valence-electron chi connectivity index (χ4n) is 4.22. The number of imide groups is 1. The van der Waals surface area contributed by atoms with Crippen LogP contribution < -0.4 is 16.0 Å². The smallest absolute Gasteiger partial charge is 0.261 e. The van der Waals surface area contributed by atoms with Crippen LogP contribution in [0.5, 0.6) is 0 Å². The predicted molar refractivity (Wildman–Crippen MR) is 123 cm³/mol. The quantitative estimate of drug-likeness (QED) is 0.626. The maximum absolute atomic E-state index is 12.7. The number of piperidine rings is 1. The van der Waals surface area contributed by atoms with E-state index >= 15 is 0 Å². The van der Waals surface area contributed by atoms with Gasteiger partial charge < -0.3 is 16.0 Å². The summed E-state index contributed by atoms with van der Waals surface area (Å²) in [5, 5.41) is 2.77. The molecule has 4 rings (SSSR count). The molecule has 172 valence electrons. The van der Waals surface area contributed by atoms with Crippen molar-refractivity contribution in [3.05, 3.63) is 53.2 Å². The highest BCUT2D eigenvalue weighted by atomic mass is 16.2. The van der Waals surface area contributed by atoms with Crippen LogP contribution in [0.15, 0.2) is 36.5 Å². The highest BCUT2D eigenvalue weighted by molar-refractivity contribution is 6.22. The number of benzene rings is 1. The molecule has 33 heavy (non-hydrogen) atoms. The summed E-state index contributed by atoms with van der Waals surface area (Å²) in [5.74, 6) is -0.843. The molecule has 0 saturated carbocycles. The average molecular weight is 450 g/mol. The molecular formula is C24H27N5O4. The number of pyridine rings is 1. The van der Waals surface area contributed by atoms with Crippen molar-refractivity contribution < 1.29 is 19.2 Å². The third-order valence-electron chi connectivity index (χ3n) is 6.12. The van der Waals surface area contributed by atoms with E-state index in [1.165, 1.54) is 17.0 Å². The van der Waals surface area contributed by atoms with Gasteiger partial charge in [0.2, 0.25) is 5.91 Å². The first-order chi connectivity index (χ1) is 15.9. The molecule has 0 aliphatic carbocycles. The van der Waals surface area contributed by atoms with Crippen LogP contribution in [0.3, 0.4) is 0 Å². The Bertz CT molecular complexity index is 1100. The zero-order chi connectivity index (χ0) is 23.5. The summed E-state index contributed by atoms with van der Waals surface area (Å²) in [6.45, 7) is 3.69. The molecule has 2 aliphatic heterocycles. The monoisotopic (exact) mass is 449 g/mol. The number of hydrogen-bond acceptors (Lipinski definition) is 6. The van der Waals surface area contributed by atoms with Gasteiger partial charge in [-0.1, -0.05) is 13.3 Å². The second-order valence-electron chi connectivity index (χ2n) is 8.42. The molecule has 2 aliphatic rings. The molecule has 0 radical (unpaired) electrons. The van der Waals surface area contributed by atoms with Gasteiger partial charge in [0.25, 0.3) is 17.7 Å². The standard InChI is InChI=1S/C24H27N5O4/c1-2-3-11-29-23(32)18-8-6-15(12-19(18)24(29)33)22(31)27-17-7-9-20(26-13-17)28-10-4-5-16(14-28)21(25)30/h6-9,12-13,16H,2-5,10-11,14H2,1H3,(H2,25,30)(H,27,31). The number of nitrogens with zero attached hydrogens (tertiary/aromatic N) is 3. The summed E-state index contributed by atoms with van der Waals surface area (Å²) in [6.07, 6.45) is 4.81. The lowest BCUT2D eigenvalue weighted by Crippen LogP contribution is -2.41. The van der Waals surface area contributed by atoms with Crippen molar-refractivity contribution in [3.8, 4) is 0 Å². The van der Waals surface area contributed by atoms with Gasteiger partial charge in [0, 0.05) is 25.2 Å². The molecule has 2 aromatic rings. The number of nitrogens with one attached hydrogen (secondary N) is 1. The minimum absolute atomic E-state index is 0.188. The topological polar surface area (TPSA) is 126 Å². The summed E-state index contributed by atoms with van der Waals surface area (Å²) in [5.41, 5.74) is 6.82. The van der Waals surface area contributed by atoms with Crippen LogP contribution in [0.4, 0.5) is 11.5 Å². The summed E-state index contributed by atoms with van der Waals surface area (Å²) in [4.78, 5) is 57.0. The second-order valence-corrected chi connectivity index (χ2v) is 8.42. The summed E-state index contributed by atoms with van der Waals surface area (Å²) >= 11 is 0. The van der Waals surface area contributed by atoms with E-state index in [1.807, 2.05) is 11.8 Å². The second kappa shape index (κ2) is 9.40. The Balaban J connectivity index is 1.43. The van der Waals surface area contributed by atoms with Crippen LogP contribution in [0.1, 0.15) is 63.7 Å². The normalized spacial score (nSPS) is 17.8. The lowest BCUT2D eigenvalue weighted by atomic mass is 9.97. The number of fused-ring (bicyclic) bond motifs is 1. The average Bonchev–Trinajstić information content (AvgIpc) is 3.07. The van der Waals surface area contributed by atoms with Crippen molar-refractivity contribution in [1.29, 1.82) is 0 Å². The zero-order valence-electron chi connectivity index (χ0n) is 18.5. The number of anilines is 2. The summed E-state index contributed by atoms with van der Waals surface area (Å²) in [6, 6.07) is 8.07. The predicted octanol–water partition coefficient (Wildman–Crippen LogP) is 2.43. The van der Waals surface area contributed by atoms with Crippen LogP contribution in [0, 0.1) is 5.92 Å². The molecule has 3 N–H and O–H groups in total. The summed E-state index contributed by atoms with van der Waals surface area (Å²) in [7, 11) is 0. The Morgan fingerprint density at radius 1 is 1.15 bits per heavy atom. The van der Waals surface area contributed by atoms with Crippen LogP contribution in [-0.2, 0) is 4.79 Å². The van der Waals surface area contributed by atoms with E-state index in [2.05, 4.69) is 10.3 Å². The molecule has 9 heteroatoms. The highest BCUT2D eigenvalue weighted by Crippen LogP contribution is 2.26. The minimum Gasteiger partial charge on any atom is -0.369 e. The van der Waals surface area contributed by atoms with Crippen molar-refractivity contribution >= 4 is 35.1 Å². The Morgan fingerprint density at radius 2 is 1.94 bits per heavy atom. The number of carbonyl (C=O) groups excluding carboxylic acids is 4. The maximum atomic E-state index is 12.7. The van der Waals surface area contributed by atoms with Gasteiger partial charge in [0.05, 0.1) is 28.9 Å². The third kappa shape index (κ3) is 4.57. The highest BCUT2D eigenvalue weighted by Gasteiger charge is 2.35. The number of hydrogen-bond donors (Lipinski definition) is 2. The Kier molecular flexibility index (Phi) is 6.39. The maximum Gasteiger partial charge on any atom is 0.261 e. The lowest BCUT2D eigenvalue weighted by molar-refractivity contribution is -0.122. The van der Waals surface area contributed by atoms with Crippen LogP contribution >= 0.6 is 0 Å². The number of unbranched alkanes of at least 4 members (excludes halogenated alkanes) is 1. The fourth-order valence-corrected chi connectivity index (χ4v) is 4.22. The van der Waals surface area contributed by atoms with E-state index in [9.17, 15) is 19.2 Å². The molecule has 1 fully saturated rings. The molecule has 0 bridgehead atoms. The van der Waals surface area contributed by atoms with E-state index in [-0.39, 0.29) is 34.8 Å². The van der Waals surface area contributed by atoms with Crippen LogP contribution in [-0.4, -0.2) is 53.1 Å². The van der Waals surface area contributed by atoms with Crippen molar-refractivity contribution in [2.75, 3.05) is 29.9 Å². The molecule has 1 aromatic carbocycles. The van der Waals surface area contributed by atoms with Gasteiger partial charge in [-0.15, -0.1) is 0 Å². The van der Waals surface area contributed by atoms with Crippen molar-refractivity contribution in [2.24, 2.45) is 11.7 Å². The fraction of sp³-hybridized carbons (Fsp3) is 0.375. The number of aromatic nitrogens is 1. The zero-order valence-corrected chi connectivity index (χ0v) is 18.5. The first-order valence-corrected chi connectivity index (χ1v) is 11.2. The van der Waals surface area contributed by atoms with E-state index in [4.69, 9.17) is 5.73 Å². The number of primary amides is 1. The number of rotatable bonds is 7. The Hall–Kier alpha value is -3.75. The SMILES string of the molecule is CCCCN1C(=O)c2ccc(C(=O)Nc3ccc(N4CCCC(C(N)=O)C4)nc3)cc2C1=O. The van der Waals surface area contributed by atoms with Gasteiger partial charge in [-0.05, 0) is 49.6 Å². The third-order valence-corrected chi connectivity index (χ3v) is 6.12. The van der Waals surface area contributed by atoms with E-state index in [1.54, 1.807) is 24.4 Å². The van der Waals surface area contributed by atoms with Crippen molar-refractivity contribution in [3.63, 3.8) is 0 Å². The first kappa shape index (κ1) is 22.4. The molecule has 1 saturated heterocycles. The molecular weight excluding hydrogens is 422 g/mol. The van der Waals surface area contributed by atoms with Crippen molar-refractivity contribution in [1.82, 2.24) is 9.88 Å². The van der Waals surface area contributed by atoms with Crippen LogP contribution in [0.25, 0.3) is 0 Å². The molecule has 9 nitrogen and oxygen atoms in total.